The van der Waals surface area contributed by atoms with Gasteiger partial charge in [-0.25, -0.2) is 0 Å². The molecule has 5 N–H and O–H groups in total. The summed E-state index contributed by atoms with van der Waals surface area (Å²) >= 11 is 0. The van der Waals surface area contributed by atoms with E-state index in [0.717, 1.165) is 12.1 Å². The van der Waals surface area contributed by atoms with E-state index in [4.69, 9.17) is 11.5 Å². The van der Waals surface area contributed by atoms with Gasteiger partial charge in [0.15, 0.2) is 5.95 Å². The minimum atomic E-state index is 0.393. The van der Waals surface area contributed by atoms with Gasteiger partial charge < -0.3 is 16.5 Å². The van der Waals surface area contributed by atoms with Gasteiger partial charge in [0.1, 0.15) is 5.82 Å². The van der Waals surface area contributed by atoms with Crippen molar-refractivity contribution >= 4 is 11.8 Å². The Morgan fingerprint density at radius 2 is 2.22 bits per heavy atom. The zero-order valence-corrected chi connectivity index (χ0v) is 5.31. The number of anilines is 2. The summed E-state index contributed by atoms with van der Waals surface area (Å²) in [7, 11) is 0. The molecule has 1 heterocycles. The van der Waals surface area contributed by atoms with Gasteiger partial charge in [-0.2, -0.15) is 4.98 Å². The van der Waals surface area contributed by atoms with Crippen molar-refractivity contribution < 1.29 is 0 Å². The van der Waals surface area contributed by atoms with Gasteiger partial charge >= 0.3 is 0 Å². The maximum atomic E-state index is 5.43. The monoisotopic (exact) mass is 126 g/mol. The topological polar surface area (TPSA) is 80.7 Å². The number of hydrogen-bond acceptors (Lipinski definition) is 3. The molecule has 0 saturated carbocycles. The number of nitrogens with zero attached hydrogens (tertiary/aromatic N) is 1. The summed E-state index contributed by atoms with van der Waals surface area (Å²) in [5.74, 6) is 0.902. The maximum Gasteiger partial charge on any atom is 0.199 e. The predicted octanol–water partition coefficient (Wildman–Crippen LogP) is 0.137. The molecule has 0 saturated heterocycles. The Balaban J connectivity index is 3.01. The zero-order chi connectivity index (χ0) is 6.85. The van der Waals surface area contributed by atoms with Crippen LogP contribution < -0.4 is 11.5 Å². The highest BCUT2D eigenvalue weighted by molar-refractivity contribution is 5.41. The molecule has 4 heteroatoms. The third kappa shape index (κ3) is 0.960. The van der Waals surface area contributed by atoms with Crippen LogP contribution in [-0.4, -0.2) is 9.97 Å². The van der Waals surface area contributed by atoms with Gasteiger partial charge in [-0.3, -0.25) is 0 Å². The highest BCUT2D eigenvalue weighted by atomic mass is 15.1. The van der Waals surface area contributed by atoms with Crippen LogP contribution in [0, 0.1) is 0 Å². The normalized spacial score (nSPS) is 9.89. The number of hydrogen-bond donors (Lipinski definition) is 3. The molecule has 0 spiro atoms. The number of aromatic amines is 1. The fourth-order valence-electron chi connectivity index (χ4n) is 0.713. The molecule has 9 heavy (non-hydrogen) atoms. The number of aromatic nitrogens is 2. The summed E-state index contributed by atoms with van der Waals surface area (Å²) in [5, 5.41) is 0. The largest absolute Gasteiger partial charge is 0.382 e. The van der Waals surface area contributed by atoms with Crippen LogP contribution in [0.2, 0.25) is 0 Å². The van der Waals surface area contributed by atoms with Crippen LogP contribution in [0.25, 0.3) is 0 Å². The van der Waals surface area contributed by atoms with Gasteiger partial charge in [0.2, 0.25) is 0 Å². The average Bonchev–Trinajstić information content (AvgIpc) is 2.10. The van der Waals surface area contributed by atoms with Crippen molar-refractivity contribution in [3.8, 4) is 0 Å². The van der Waals surface area contributed by atoms with Crippen LogP contribution in [-0.2, 0) is 6.42 Å². The van der Waals surface area contributed by atoms with Gasteiger partial charge in [-0.1, -0.05) is 6.92 Å². The SMILES string of the molecule is CCc1[nH]c(N)nc1N. The fraction of sp³-hybridized carbons (Fsp3) is 0.400. The summed E-state index contributed by atoms with van der Waals surface area (Å²) in [6, 6.07) is 0. The Hall–Kier alpha value is -1.19. The molecular weight excluding hydrogens is 116 g/mol. The highest BCUT2D eigenvalue weighted by Crippen LogP contribution is 2.08. The van der Waals surface area contributed by atoms with Gasteiger partial charge in [0.25, 0.3) is 0 Å². The molecule has 0 aliphatic carbocycles. The van der Waals surface area contributed by atoms with Crippen molar-refractivity contribution in [2.75, 3.05) is 11.5 Å². The molecule has 1 aromatic rings. The maximum absolute atomic E-state index is 5.43. The standard InChI is InChI=1S/C5H10N4/c1-2-3-4(6)9-5(7)8-3/h2,6H2,1H3,(H3,7,8,9). The Morgan fingerprint density at radius 3 is 2.44 bits per heavy atom. The van der Waals surface area contributed by atoms with Crippen molar-refractivity contribution in [1.82, 2.24) is 9.97 Å². The van der Waals surface area contributed by atoms with Crippen molar-refractivity contribution in [3.63, 3.8) is 0 Å². The van der Waals surface area contributed by atoms with E-state index < -0.39 is 0 Å². The van der Waals surface area contributed by atoms with E-state index in [9.17, 15) is 0 Å². The van der Waals surface area contributed by atoms with Gasteiger partial charge in [-0.15, -0.1) is 0 Å². The molecule has 0 aliphatic rings. The lowest BCUT2D eigenvalue weighted by Gasteiger charge is -1.87. The lowest BCUT2D eigenvalue weighted by molar-refractivity contribution is 1.07. The van der Waals surface area contributed by atoms with Crippen LogP contribution in [0.15, 0.2) is 0 Å². The van der Waals surface area contributed by atoms with E-state index >= 15 is 0 Å². The highest BCUT2D eigenvalue weighted by Gasteiger charge is 1.99. The number of rotatable bonds is 1. The summed E-state index contributed by atoms with van der Waals surface area (Å²) in [5.41, 5.74) is 11.6. The fourth-order valence-corrected chi connectivity index (χ4v) is 0.713. The molecule has 0 amide bonds. The Kier molecular flexibility index (Phi) is 1.30. The van der Waals surface area contributed by atoms with Crippen LogP contribution in [0.3, 0.4) is 0 Å². The van der Waals surface area contributed by atoms with E-state index in [1.807, 2.05) is 6.92 Å². The van der Waals surface area contributed by atoms with Crippen LogP contribution >= 0.6 is 0 Å². The minimum absolute atomic E-state index is 0.393. The molecular formula is C5H10N4. The van der Waals surface area contributed by atoms with E-state index in [0.29, 0.717) is 11.8 Å². The minimum Gasteiger partial charge on any atom is -0.382 e. The van der Waals surface area contributed by atoms with Crippen molar-refractivity contribution in [3.05, 3.63) is 5.69 Å². The second-order valence-electron chi connectivity index (χ2n) is 1.84. The Labute approximate surface area is 53.3 Å². The number of H-pyrrole nitrogens is 1. The predicted molar refractivity (Wildman–Crippen MR) is 36.8 cm³/mol. The smallest absolute Gasteiger partial charge is 0.199 e. The van der Waals surface area contributed by atoms with Gasteiger partial charge in [-0.05, 0) is 6.42 Å². The number of nitrogens with one attached hydrogen (secondary N) is 1. The molecule has 50 valence electrons. The third-order valence-electron chi connectivity index (χ3n) is 1.18. The summed E-state index contributed by atoms with van der Waals surface area (Å²) in [6.07, 6.45) is 0.843. The number of imidazole rings is 1. The summed E-state index contributed by atoms with van der Waals surface area (Å²) < 4.78 is 0. The first-order chi connectivity index (χ1) is 4.24. The zero-order valence-electron chi connectivity index (χ0n) is 5.31. The third-order valence-corrected chi connectivity index (χ3v) is 1.18. The molecule has 0 aromatic carbocycles. The molecule has 0 atom stereocenters. The lowest BCUT2D eigenvalue weighted by Crippen LogP contribution is -1.89. The first-order valence-corrected chi connectivity index (χ1v) is 2.84. The molecule has 0 unspecified atom stereocenters. The van der Waals surface area contributed by atoms with E-state index in [2.05, 4.69) is 9.97 Å². The van der Waals surface area contributed by atoms with Crippen LogP contribution in [0.1, 0.15) is 12.6 Å². The lowest BCUT2D eigenvalue weighted by atomic mass is 10.3. The Bertz CT molecular complexity index is 203. The molecule has 0 fully saturated rings. The first kappa shape index (κ1) is 5.94. The average molecular weight is 126 g/mol. The van der Waals surface area contributed by atoms with Crippen molar-refractivity contribution in [2.45, 2.75) is 13.3 Å². The second-order valence-corrected chi connectivity index (χ2v) is 1.84. The molecule has 0 aliphatic heterocycles. The number of nitrogen functional groups attached to an aromatic ring is 2. The van der Waals surface area contributed by atoms with E-state index in [1.165, 1.54) is 0 Å². The Morgan fingerprint density at radius 1 is 1.56 bits per heavy atom. The van der Waals surface area contributed by atoms with Crippen molar-refractivity contribution in [2.24, 2.45) is 0 Å². The van der Waals surface area contributed by atoms with E-state index in [1.54, 1.807) is 0 Å². The molecule has 0 bridgehead atoms. The van der Waals surface area contributed by atoms with E-state index in [-0.39, 0.29) is 0 Å². The molecule has 0 radical (unpaired) electrons. The van der Waals surface area contributed by atoms with Gasteiger partial charge in [0, 0.05) is 0 Å². The van der Waals surface area contributed by atoms with Crippen LogP contribution in [0.5, 0.6) is 0 Å². The summed E-state index contributed by atoms with van der Waals surface area (Å²) in [4.78, 5) is 6.62. The number of aryl methyl sites for hydroxylation is 1. The van der Waals surface area contributed by atoms with Crippen LogP contribution in [0.4, 0.5) is 11.8 Å². The first-order valence-electron chi connectivity index (χ1n) is 2.84. The second kappa shape index (κ2) is 1.97. The van der Waals surface area contributed by atoms with Crippen molar-refractivity contribution in [1.29, 1.82) is 0 Å². The summed E-state index contributed by atoms with van der Waals surface area (Å²) in [6.45, 7) is 1.99. The number of nitrogens with two attached hydrogens (primary N) is 2. The van der Waals surface area contributed by atoms with Gasteiger partial charge in [0.05, 0.1) is 5.69 Å². The molecule has 4 nitrogen and oxygen atoms in total. The quantitative estimate of drug-likeness (QED) is 0.500. The molecule has 1 rings (SSSR count). The molecule has 1 aromatic heterocycles.